The number of rotatable bonds is 3. The molecule has 3 nitrogen and oxygen atoms in total. The van der Waals surface area contributed by atoms with Gasteiger partial charge in [0.05, 0.1) is 0 Å². The second kappa shape index (κ2) is 7.16. The van der Waals surface area contributed by atoms with Crippen LogP contribution in [0.4, 0.5) is 10.5 Å². The fourth-order valence-corrected chi connectivity index (χ4v) is 2.17. The largest absolute Gasteiger partial charge is 0.323 e. The Hall–Kier alpha value is -1.97. The highest BCUT2D eigenvalue weighted by molar-refractivity contribution is 6.32. The molecule has 0 unspecified atom stereocenters. The number of benzene rings is 2. The number of nitrogens with one attached hydrogen (secondary N) is 2. The lowest BCUT2D eigenvalue weighted by molar-refractivity contribution is 0.255. The standard InChI is InChI=1S/C16H14Cl2N2O/c1-11-10-13(17)6-7-15(11)20-16(21)19-9-8-12-4-2-3-5-14(12)18/h2-10H,1H3,(H2,19,20,21)/b9-8+. The molecule has 108 valence electrons. The van der Waals surface area contributed by atoms with E-state index in [4.69, 9.17) is 23.2 Å². The molecule has 0 saturated carbocycles. The van der Waals surface area contributed by atoms with E-state index in [2.05, 4.69) is 10.6 Å². The molecule has 0 aromatic heterocycles. The Morgan fingerprint density at radius 2 is 1.90 bits per heavy atom. The van der Waals surface area contributed by atoms with E-state index in [0.717, 1.165) is 11.1 Å². The summed E-state index contributed by atoms with van der Waals surface area (Å²) < 4.78 is 0. The van der Waals surface area contributed by atoms with Crippen LogP contribution < -0.4 is 10.6 Å². The SMILES string of the molecule is Cc1cc(Cl)ccc1NC(=O)N/C=C/c1ccccc1Cl. The summed E-state index contributed by atoms with van der Waals surface area (Å²) in [5.41, 5.74) is 2.44. The van der Waals surface area contributed by atoms with Crippen molar-refractivity contribution in [3.63, 3.8) is 0 Å². The predicted octanol–water partition coefficient (Wildman–Crippen LogP) is 5.09. The minimum Gasteiger partial charge on any atom is -0.314 e. The zero-order chi connectivity index (χ0) is 15.2. The van der Waals surface area contributed by atoms with Crippen LogP contribution in [-0.4, -0.2) is 6.03 Å². The Balaban J connectivity index is 1.95. The van der Waals surface area contributed by atoms with E-state index in [1.807, 2.05) is 25.1 Å². The van der Waals surface area contributed by atoms with Crippen LogP contribution in [0.3, 0.4) is 0 Å². The Kier molecular flexibility index (Phi) is 5.26. The summed E-state index contributed by atoms with van der Waals surface area (Å²) in [6, 6.07) is 12.3. The highest BCUT2D eigenvalue weighted by Gasteiger charge is 2.03. The van der Waals surface area contributed by atoms with Gasteiger partial charge in [0, 0.05) is 21.9 Å². The molecule has 21 heavy (non-hydrogen) atoms. The lowest BCUT2D eigenvalue weighted by Crippen LogP contribution is -2.24. The summed E-state index contributed by atoms with van der Waals surface area (Å²) >= 11 is 11.9. The number of aryl methyl sites for hydroxylation is 1. The molecule has 0 radical (unpaired) electrons. The summed E-state index contributed by atoms with van der Waals surface area (Å²) in [5, 5.41) is 6.64. The van der Waals surface area contributed by atoms with Gasteiger partial charge in [-0.2, -0.15) is 0 Å². The Morgan fingerprint density at radius 1 is 1.14 bits per heavy atom. The molecule has 0 atom stereocenters. The van der Waals surface area contributed by atoms with E-state index in [-0.39, 0.29) is 6.03 Å². The molecular weight excluding hydrogens is 307 g/mol. The van der Waals surface area contributed by atoms with Gasteiger partial charge in [-0.3, -0.25) is 0 Å². The molecule has 2 aromatic rings. The number of halogens is 2. The van der Waals surface area contributed by atoms with Gasteiger partial charge in [0.1, 0.15) is 0 Å². The van der Waals surface area contributed by atoms with Crippen molar-refractivity contribution in [3.05, 3.63) is 69.8 Å². The zero-order valence-electron chi connectivity index (χ0n) is 11.4. The van der Waals surface area contributed by atoms with Crippen molar-refractivity contribution in [3.8, 4) is 0 Å². The molecule has 0 spiro atoms. The summed E-state index contributed by atoms with van der Waals surface area (Å²) in [7, 11) is 0. The van der Waals surface area contributed by atoms with Crippen LogP contribution in [0.25, 0.3) is 6.08 Å². The topological polar surface area (TPSA) is 41.1 Å². The molecule has 5 heteroatoms. The van der Waals surface area contributed by atoms with Crippen LogP contribution in [-0.2, 0) is 0 Å². The molecule has 2 aromatic carbocycles. The van der Waals surface area contributed by atoms with E-state index in [0.29, 0.717) is 15.7 Å². The molecule has 2 N–H and O–H groups in total. The van der Waals surface area contributed by atoms with Gasteiger partial charge in [0.25, 0.3) is 0 Å². The minimum atomic E-state index is -0.330. The monoisotopic (exact) mass is 320 g/mol. The lowest BCUT2D eigenvalue weighted by atomic mass is 10.2. The van der Waals surface area contributed by atoms with Crippen LogP contribution in [0.1, 0.15) is 11.1 Å². The summed E-state index contributed by atoms with van der Waals surface area (Å²) in [6.07, 6.45) is 3.28. The molecule has 0 aliphatic rings. The smallest absolute Gasteiger partial charge is 0.314 e. The normalized spacial score (nSPS) is 10.6. The second-order valence-electron chi connectivity index (χ2n) is 4.41. The molecule has 0 bridgehead atoms. The van der Waals surface area contributed by atoms with Gasteiger partial charge in [-0.25, -0.2) is 4.79 Å². The first kappa shape index (κ1) is 15.4. The number of amides is 2. The Bertz CT molecular complexity index is 684. The van der Waals surface area contributed by atoms with Crippen molar-refractivity contribution in [1.82, 2.24) is 5.32 Å². The van der Waals surface area contributed by atoms with Crippen molar-refractivity contribution >= 4 is 41.0 Å². The number of carbonyl (C=O) groups excluding carboxylic acids is 1. The predicted molar refractivity (Wildman–Crippen MR) is 88.8 cm³/mol. The van der Waals surface area contributed by atoms with Crippen LogP contribution in [0.5, 0.6) is 0 Å². The Labute approximate surface area is 133 Å². The number of hydrogen-bond acceptors (Lipinski definition) is 1. The highest BCUT2D eigenvalue weighted by atomic mass is 35.5. The van der Waals surface area contributed by atoms with E-state index in [9.17, 15) is 4.79 Å². The van der Waals surface area contributed by atoms with Crippen LogP contribution >= 0.6 is 23.2 Å². The lowest BCUT2D eigenvalue weighted by Gasteiger charge is -2.08. The number of hydrogen-bond donors (Lipinski definition) is 2. The first-order valence-electron chi connectivity index (χ1n) is 6.31. The van der Waals surface area contributed by atoms with Crippen molar-refractivity contribution in [1.29, 1.82) is 0 Å². The number of anilines is 1. The van der Waals surface area contributed by atoms with Gasteiger partial charge in [-0.1, -0.05) is 41.4 Å². The fourth-order valence-electron chi connectivity index (χ4n) is 1.74. The van der Waals surface area contributed by atoms with Crippen molar-refractivity contribution in [2.45, 2.75) is 6.92 Å². The molecule has 0 aliphatic carbocycles. The van der Waals surface area contributed by atoms with Crippen molar-refractivity contribution < 1.29 is 4.79 Å². The molecule has 0 fully saturated rings. The van der Waals surface area contributed by atoms with E-state index in [1.54, 1.807) is 36.5 Å². The van der Waals surface area contributed by atoms with Crippen molar-refractivity contribution in [2.75, 3.05) is 5.32 Å². The Morgan fingerprint density at radius 3 is 2.62 bits per heavy atom. The molecule has 2 rings (SSSR count). The van der Waals surface area contributed by atoms with E-state index in [1.165, 1.54) is 0 Å². The van der Waals surface area contributed by atoms with Gasteiger partial charge >= 0.3 is 6.03 Å². The quantitative estimate of drug-likeness (QED) is 0.812. The van der Waals surface area contributed by atoms with Crippen LogP contribution in [0.15, 0.2) is 48.7 Å². The maximum absolute atomic E-state index is 11.8. The molecule has 2 amide bonds. The third-order valence-corrected chi connectivity index (χ3v) is 3.40. The first-order valence-corrected chi connectivity index (χ1v) is 7.06. The average molecular weight is 321 g/mol. The number of urea groups is 1. The average Bonchev–Trinajstić information content (AvgIpc) is 2.44. The molecule has 0 heterocycles. The van der Waals surface area contributed by atoms with Crippen LogP contribution in [0.2, 0.25) is 10.0 Å². The third-order valence-electron chi connectivity index (χ3n) is 2.82. The minimum absolute atomic E-state index is 0.330. The van der Waals surface area contributed by atoms with E-state index >= 15 is 0 Å². The second-order valence-corrected chi connectivity index (χ2v) is 5.26. The zero-order valence-corrected chi connectivity index (χ0v) is 12.9. The first-order chi connectivity index (χ1) is 10.1. The van der Waals surface area contributed by atoms with Gasteiger partial charge in [-0.15, -0.1) is 0 Å². The maximum atomic E-state index is 11.8. The fraction of sp³-hybridized carbons (Fsp3) is 0.0625. The van der Waals surface area contributed by atoms with Crippen molar-refractivity contribution in [2.24, 2.45) is 0 Å². The van der Waals surface area contributed by atoms with Gasteiger partial charge in [0.2, 0.25) is 0 Å². The summed E-state index contributed by atoms with van der Waals surface area (Å²) in [6.45, 7) is 1.88. The van der Waals surface area contributed by atoms with Gasteiger partial charge in [0.15, 0.2) is 0 Å². The molecule has 0 saturated heterocycles. The summed E-state index contributed by atoms with van der Waals surface area (Å²) in [4.78, 5) is 11.8. The maximum Gasteiger partial charge on any atom is 0.323 e. The van der Waals surface area contributed by atoms with Gasteiger partial charge < -0.3 is 10.6 Å². The van der Waals surface area contributed by atoms with E-state index < -0.39 is 0 Å². The van der Waals surface area contributed by atoms with Crippen LogP contribution in [0, 0.1) is 6.92 Å². The van der Waals surface area contributed by atoms with Gasteiger partial charge in [-0.05, 0) is 48.4 Å². The third kappa shape index (κ3) is 4.52. The molecular formula is C16H14Cl2N2O. The summed E-state index contributed by atoms with van der Waals surface area (Å²) in [5.74, 6) is 0. The highest BCUT2D eigenvalue weighted by Crippen LogP contribution is 2.19. The molecule has 0 aliphatic heterocycles. The number of carbonyl (C=O) groups is 1.